The predicted octanol–water partition coefficient (Wildman–Crippen LogP) is 1.25. The van der Waals surface area contributed by atoms with Gasteiger partial charge in [0.2, 0.25) is 0 Å². The maximum absolute atomic E-state index is 6.33. The normalized spacial score (nSPS) is 38.7. The molecule has 0 aliphatic carbocycles. The lowest BCUT2D eigenvalue weighted by atomic mass is 9.70. The number of ether oxygens (including phenoxy) is 1. The first kappa shape index (κ1) is 16.1. The summed E-state index contributed by atoms with van der Waals surface area (Å²) in [5.41, 5.74) is 6.85. The third-order valence-electron chi connectivity index (χ3n) is 6.14. The molecule has 2 N–H and O–H groups in total. The van der Waals surface area contributed by atoms with Gasteiger partial charge in [-0.25, -0.2) is 0 Å². The average molecular weight is 314 g/mol. The van der Waals surface area contributed by atoms with Crippen LogP contribution in [0, 0.1) is 5.41 Å². The van der Waals surface area contributed by atoms with Crippen LogP contribution in [-0.4, -0.2) is 78.8 Å². The van der Waals surface area contributed by atoms with Crippen molar-refractivity contribution in [3.8, 4) is 0 Å². The molecule has 3 aliphatic rings. The van der Waals surface area contributed by atoms with Gasteiger partial charge in [0.15, 0.2) is 0 Å². The van der Waals surface area contributed by atoms with Gasteiger partial charge in [-0.3, -0.25) is 9.80 Å². The van der Waals surface area contributed by atoms with Crippen LogP contribution in [0.3, 0.4) is 0 Å². The van der Waals surface area contributed by atoms with Crippen LogP contribution in [0.1, 0.15) is 26.7 Å². The van der Waals surface area contributed by atoms with Crippen molar-refractivity contribution in [3.63, 3.8) is 0 Å². The molecule has 2 atom stereocenters. The van der Waals surface area contributed by atoms with Crippen molar-refractivity contribution in [2.45, 2.75) is 38.3 Å². The summed E-state index contributed by atoms with van der Waals surface area (Å²) in [6.45, 7) is 12.1. The number of hydrogen-bond donors (Lipinski definition) is 1. The van der Waals surface area contributed by atoms with Crippen LogP contribution in [0.15, 0.2) is 0 Å². The molecule has 4 nitrogen and oxygen atoms in total. The summed E-state index contributed by atoms with van der Waals surface area (Å²) < 4.78 is 5.50. The molecule has 3 rings (SSSR count). The fraction of sp³-hybridized carbons (Fsp3) is 1.00. The summed E-state index contributed by atoms with van der Waals surface area (Å²) in [5.74, 6) is 2.49. The molecule has 3 saturated heterocycles. The van der Waals surface area contributed by atoms with Gasteiger partial charge in [-0.15, -0.1) is 0 Å². The Morgan fingerprint density at radius 3 is 2.67 bits per heavy atom. The Hall–Kier alpha value is 0.190. The zero-order valence-electron chi connectivity index (χ0n) is 13.6. The second-order valence-electron chi connectivity index (χ2n) is 7.46. The van der Waals surface area contributed by atoms with E-state index in [-0.39, 0.29) is 5.54 Å². The standard InChI is InChI=1S/C16H31N3OS/c1-15(2)4-10-21-13-16(15,12-17)19-5-3-14(11-19)18-6-8-20-9-7-18/h14H,3-13,17H2,1-2H3. The fourth-order valence-electron chi connectivity index (χ4n) is 4.35. The maximum atomic E-state index is 6.33. The van der Waals surface area contributed by atoms with E-state index in [4.69, 9.17) is 10.5 Å². The number of nitrogens with zero attached hydrogens (tertiary/aromatic N) is 2. The Labute approximate surface area is 133 Å². The van der Waals surface area contributed by atoms with Gasteiger partial charge >= 0.3 is 0 Å². The van der Waals surface area contributed by atoms with Gasteiger partial charge in [-0.1, -0.05) is 13.8 Å². The second kappa shape index (κ2) is 6.36. The van der Waals surface area contributed by atoms with Crippen molar-refractivity contribution in [1.82, 2.24) is 9.80 Å². The molecule has 2 unspecified atom stereocenters. The van der Waals surface area contributed by atoms with E-state index in [1.807, 2.05) is 0 Å². The van der Waals surface area contributed by atoms with E-state index >= 15 is 0 Å². The van der Waals surface area contributed by atoms with Crippen molar-refractivity contribution in [2.24, 2.45) is 11.1 Å². The van der Waals surface area contributed by atoms with E-state index in [1.165, 1.54) is 37.4 Å². The van der Waals surface area contributed by atoms with Gasteiger partial charge in [0.25, 0.3) is 0 Å². The van der Waals surface area contributed by atoms with E-state index in [2.05, 4.69) is 35.4 Å². The van der Waals surface area contributed by atoms with Crippen molar-refractivity contribution in [1.29, 1.82) is 0 Å². The number of thioether (sulfide) groups is 1. The van der Waals surface area contributed by atoms with E-state index in [9.17, 15) is 0 Å². The zero-order chi connectivity index (χ0) is 14.9. The SMILES string of the molecule is CC1(C)CCSCC1(CN)N1CCC(N2CCOCC2)C1. The van der Waals surface area contributed by atoms with Gasteiger partial charge < -0.3 is 10.5 Å². The molecule has 5 heteroatoms. The van der Waals surface area contributed by atoms with Gasteiger partial charge in [0.05, 0.1) is 13.2 Å². The van der Waals surface area contributed by atoms with E-state index < -0.39 is 0 Å². The lowest BCUT2D eigenvalue weighted by Gasteiger charge is -2.55. The molecule has 3 fully saturated rings. The largest absolute Gasteiger partial charge is 0.379 e. The molecule has 122 valence electrons. The molecule has 3 aliphatic heterocycles. The summed E-state index contributed by atoms with van der Waals surface area (Å²) in [6, 6.07) is 0.708. The van der Waals surface area contributed by atoms with Crippen LogP contribution in [0.25, 0.3) is 0 Å². The van der Waals surface area contributed by atoms with E-state index in [0.29, 0.717) is 11.5 Å². The lowest BCUT2D eigenvalue weighted by Crippen LogP contribution is -2.65. The first-order valence-electron chi connectivity index (χ1n) is 8.44. The molecule has 0 bridgehead atoms. The Balaban J connectivity index is 1.71. The third-order valence-corrected chi connectivity index (χ3v) is 7.31. The quantitative estimate of drug-likeness (QED) is 0.849. The molecule has 0 radical (unpaired) electrons. The lowest BCUT2D eigenvalue weighted by molar-refractivity contribution is -0.00290. The van der Waals surface area contributed by atoms with E-state index in [1.54, 1.807) is 0 Å². The summed E-state index contributed by atoms with van der Waals surface area (Å²) in [4.78, 5) is 5.37. The zero-order valence-corrected chi connectivity index (χ0v) is 14.5. The molecule has 0 spiro atoms. The molecule has 0 aromatic carbocycles. The van der Waals surface area contributed by atoms with Crippen LogP contribution in [0.4, 0.5) is 0 Å². The fourth-order valence-corrected chi connectivity index (χ4v) is 6.18. The van der Waals surface area contributed by atoms with Crippen LogP contribution < -0.4 is 5.73 Å². The van der Waals surface area contributed by atoms with E-state index in [0.717, 1.165) is 32.8 Å². The van der Waals surface area contributed by atoms with Gasteiger partial charge in [-0.2, -0.15) is 11.8 Å². The van der Waals surface area contributed by atoms with Crippen LogP contribution in [0.2, 0.25) is 0 Å². The highest BCUT2D eigenvalue weighted by Gasteiger charge is 2.51. The minimum Gasteiger partial charge on any atom is -0.379 e. The topological polar surface area (TPSA) is 41.7 Å². The highest BCUT2D eigenvalue weighted by molar-refractivity contribution is 7.99. The average Bonchev–Trinajstić information content (AvgIpc) is 2.98. The van der Waals surface area contributed by atoms with Crippen molar-refractivity contribution in [3.05, 3.63) is 0 Å². The Kier molecular flexibility index (Phi) is 4.86. The Morgan fingerprint density at radius 2 is 2.00 bits per heavy atom. The highest BCUT2D eigenvalue weighted by Crippen LogP contribution is 2.46. The maximum Gasteiger partial charge on any atom is 0.0594 e. The Bertz CT molecular complexity index is 359. The molecular formula is C16H31N3OS. The molecule has 0 aromatic rings. The monoisotopic (exact) mass is 313 g/mol. The Morgan fingerprint density at radius 1 is 1.24 bits per heavy atom. The van der Waals surface area contributed by atoms with Gasteiger partial charge in [-0.05, 0) is 24.0 Å². The smallest absolute Gasteiger partial charge is 0.0594 e. The van der Waals surface area contributed by atoms with Crippen LogP contribution in [-0.2, 0) is 4.74 Å². The first-order chi connectivity index (χ1) is 10.1. The van der Waals surface area contributed by atoms with Gasteiger partial charge in [0, 0.05) is 50.1 Å². The molecule has 21 heavy (non-hydrogen) atoms. The van der Waals surface area contributed by atoms with Crippen molar-refractivity contribution in [2.75, 3.05) is 57.4 Å². The summed E-state index contributed by atoms with van der Waals surface area (Å²) in [7, 11) is 0. The minimum atomic E-state index is 0.191. The number of likely N-dealkylation sites (tertiary alicyclic amines) is 1. The molecular weight excluding hydrogens is 282 g/mol. The number of hydrogen-bond acceptors (Lipinski definition) is 5. The summed E-state index contributed by atoms with van der Waals surface area (Å²) >= 11 is 2.10. The van der Waals surface area contributed by atoms with Gasteiger partial charge in [0.1, 0.15) is 0 Å². The highest BCUT2D eigenvalue weighted by atomic mass is 32.2. The summed E-state index contributed by atoms with van der Waals surface area (Å²) in [5, 5.41) is 0. The van der Waals surface area contributed by atoms with Crippen molar-refractivity contribution < 1.29 is 4.74 Å². The first-order valence-corrected chi connectivity index (χ1v) is 9.59. The predicted molar refractivity (Wildman–Crippen MR) is 89.9 cm³/mol. The van der Waals surface area contributed by atoms with Crippen LogP contribution >= 0.6 is 11.8 Å². The minimum absolute atomic E-state index is 0.191. The molecule has 0 saturated carbocycles. The molecule has 0 aromatic heterocycles. The molecule has 3 heterocycles. The number of nitrogens with two attached hydrogens (primary N) is 1. The third kappa shape index (κ3) is 2.88. The number of morpholine rings is 1. The second-order valence-corrected chi connectivity index (χ2v) is 8.56. The van der Waals surface area contributed by atoms with Crippen molar-refractivity contribution >= 4 is 11.8 Å². The molecule has 0 amide bonds. The summed E-state index contributed by atoms with van der Waals surface area (Å²) in [6.07, 6.45) is 2.58. The number of rotatable bonds is 3. The van der Waals surface area contributed by atoms with Crippen LogP contribution in [0.5, 0.6) is 0 Å².